The van der Waals surface area contributed by atoms with E-state index in [9.17, 15) is 9.59 Å². The molecule has 3 aliphatic rings. The van der Waals surface area contributed by atoms with Crippen LogP contribution in [-0.4, -0.2) is 47.3 Å². The number of hydrogen-bond donors (Lipinski definition) is 0. The lowest BCUT2D eigenvalue weighted by Gasteiger charge is -2.34. The van der Waals surface area contributed by atoms with Gasteiger partial charge in [-0.05, 0) is 92.3 Å². The Labute approximate surface area is 195 Å². The molecule has 1 saturated carbocycles. The Morgan fingerprint density at radius 3 is 2.34 bits per heavy atom. The van der Waals surface area contributed by atoms with Gasteiger partial charge in [0.1, 0.15) is 0 Å². The SMILES string of the molecule is C[C@H]1CN(CCC2CCC(N3C(=O)c4ccccc4C3=O)CC2)CCc2ccc(Cl)cc21. The molecular weight excluding hydrogens is 420 g/mol. The van der Waals surface area contributed by atoms with Gasteiger partial charge < -0.3 is 4.90 Å². The van der Waals surface area contributed by atoms with Crippen molar-refractivity contribution in [2.45, 2.75) is 57.4 Å². The van der Waals surface area contributed by atoms with Crippen molar-refractivity contribution >= 4 is 23.4 Å². The second-order valence-electron chi connectivity index (χ2n) is 9.78. The maximum atomic E-state index is 12.8. The van der Waals surface area contributed by atoms with E-state index in [0.29, 0.717) is 23.0 Å². The molecule has 1 atom stereocenters. The first-order chi connectivity index (χ1) is 15.5. The maximum absolute atomic E-state index is 12.8. The molecular formula is C27H31ClN2O2. The monoisotopic (exact) mass is 450 g/mol. The summed E-state index contributed by atoms with van der Waals surface area (Å²) in [5, 5.41) is 0.832. The first-order valence-electron chi connectivity index (χ1n) is 12.0. The predicted molar refractivity (Wildman–Crippen MR) is 127 cm³/mol. The number of halogens is 1. The smallest absolute Gasteiger partial charge is 0.261 e. The van der Waals surface area contributed by atoms with E-state index in [1.165, 1.54) is 17.5 Å². The highest BCUT2D eigenvalue weighted by Gasteiger charge is 2.40. The highest BCUT2D eigenvalue weighted by molar-refractivity contribution is 6.30. The van der Waals surface area contributed by atoms with Gasteiger partial charge in [-0.1, -0.05) is 36.7 Å². The van der Waals surface area contributed by atoms with Crippen LogP contribution < -0.4 is 0 Å². The molecule has 2 heterocycles. The minimum Gasteiger partial charge on any atom is -0.302 e. The van der Waals surface area contributed by atoms with Gasteiger partial charge in [-0.25, -0.2) is 0 Å². The highest BCUT2D eigenvalue weighted by atomic mass is 35.5. The first kappa shape index (κ1) is 21.7. The van der Waals surface area contributed by atoms with E-state index in [-0.39, 0.29) is 17.9 Å². The number of hydrogen-bond acceptors (Lipinski definition) is 3. The lowest BCUT2D eigenvalue weighted by atomic mass is 9.83. The number of carbonyl (C=O) groups is 2. The number of rotatable bonds is 4. The molecule has 0 bridgehead atoms. The van der Waals surface area contributed by atoms with Crippen LogP contribution in [0.15, 0.2) is 42.5 Å². The molecule has 2 amide bonds. The maximum Gasteiger partial charge on any atom is 0.261 e. The molecule has 0 unspecified atom stereocenters. The van der Waals surface area contributed by atoms with Crippen LogP contribution in [0.5, 0.6) is 0 Å². The summed E-state index contributed by atoms with van der Waals surface area (Å²) in [7, 11) is 0. The van der Waals surface area contributed by atoms with E-state index in [1.54, 1.807) is 17.0 Å². The van der Waals surface area contributed by atoms with Crippen LogP contribution >= 0.6 is 11.6 Å². The average molecular weight is 451 g/mol. The largest absolute Gasteiger partial charge is 0.302 e. The lowest BCUT2D eigenvalue weighted by Crippen LogP contribution is -2.42. The fraction of sp³-hybridized carbons (Fsp3) is 0.481. The molecule has 0 spiro atoms. The van der Waals surface area contributed by atoms with Crippen molar-refractivity contribution in [1.29, 1.82) is 0 Å². The zero-order valence-corrected chi connectivity index (χ0v) is 19.5. The molecule has 4 nitrogen and oxygen atoms in total. The predicted octanol–water partition coefficient (Wildman–Crippen LogP) is 5.55. The zero-order chi connectivity index (χ0) is 22.2. The summed E-state index contributed by atoms with van der Waals surface area (Å²) in [6.07, 6.45) is 6.32. The van der Waals surface area contributed by atoms with Crippen molar-refractivity contribution in [3.05, 3.63) is 69.7 Å². The zero-order valence-electron chi connectivity index (χ0n) is 18.7. The number of imide groups is 1. The Balaban J connectivity index is 1.13. The van der Waals surface area contributed by atoms with Gasteiger partial charge in [0.15, 0.2) is 0 Å². The van der Waals surface area contributed by atoms with Crippen LogP contribution in [-0.2, 0) is 6.42 Å². The van der Waals surface area contributed by atoms with Crippen molar-refractivity contribution in [3.8, 4) is 0 Å². The van der Waals surface area contributed by atoms with Crippen LogP contribution in [0.25, 0.3) is 0 Å². The van der Waals surface area contributed by atoms with Crippen LogP contribution in [0.1, 0.15) is 76.8 Å². The van der Waals surface area contributed by atoms with Crippen LogP contribution in [0.4, 0.5) is 0 Å². The van der Waals surface area contributed by atoms with E-state index < -0.39 is 0 Å². The molecule has 0 N–H and O–H groups in total. The summed E-state index contributed by atoms with van der Waals surface area (Å²) >= 11 is 6.24. The van der Waals surface area contributed by atoms with E-state index >= 15 is 0 Å². The van der Waals surface area contributed by atoms with Crippen LogP contribution in [0.2, 0.25) is 5.02 Å². The van der Waals surface area contributed by atoms with E-state index in [0.717, 1.165) is 56.8 Å². The Kier molecular flexibility index (Phi) is 6.09. The molecule has 32 heavy (non-hydrogen) atoms. The Morgan fingerprint density at radius 2 is 1.66 bits per heavy atom. The number of amides is 2. The number of carbonyl (C=O) groups excluding carboxylic acids is 2. The van der Waals surface area contributed by atoms with Gasteiger partial charge in [-0.3, -0.25) is 14.5 Å². The van der Waals surface area contributed by atoms with Gasteiger partial charge in [0.2, 0.25) is 0 Å². The number of nitrogens with zero attached hydrogens (tertiary/aromatic N) is 2. The third kappa shape index (κ3) is 4.11. The van der Waals surface area contributed by atoms with E-state index in [1.807, 2.05) is 18.2 Å². The Bertz CT molecular complexity index is 993. The Hall–Kier alpha value is -2.17. The molecule has 168 valence electrons. The minimum absolute atomic E-state index is 0.0520. The van der Waals surface area contributed by atoms with Gasteiger partial charge in [0.05, 0.1) is 11.1 Å². The fourth-order valence-electron chi connectivity index (χ4n) is 5.91. The average Bonchev–Trinajstić information content (AvgIpc) is 2.95. The molecule has 0 saturated heterocycles. The summed E-state index contributed by atoms with van der Waals surface area (Å²) in [5.41, 5.74) is 3.97. The second kappa shape index (κ2) is 8.99. The van der Waals surface area contributed by atoms with Gasteiger partial charge in [-0.2, -0.15) is 0 Å². The Morgan fingerprint density at radius 1 is 0.969 bits per heavy atom. The molecule has 0 aromatic heterocycles. The molecule has 2 aromatic carbocycles. The van der Waals surface area contributed by atoms with Crippen LogP contribution in [0, 0.1) is 5.92 Å². The molecule has 2 aliphatic heterocycles. The van der Waals surface area contributed by atoms with Gasteiger partial charge in [0, 0.05) is 24.2 Å². The topological polar surface area (TPSA) is 40.6 Å². The van der Waals surface area contributed by atoms with E-state index in [2.05, 4.69) is 24.0 Å². The van der Waals surface area contributed by atoms with E-state index in [4.69, 9.17) is 11.6 Å². The summed E-state index contributed by atoms with van der Waals surface area (Å²) in [6, 6.07) is 13.6. The second-order valence-corrected chi connectivity index (χ2v) is 10.2. The summed E-state index contributed by atoms with van der Waals surface area (Å²) in [4.78, 5) is 29.7. The van der Waals surface area contributed by atoms with Crippen molar-refractivity contribution in [1.82, 2.24) is 9.80 Å². The van der Waals surface area contributed by atoms with Crippen molar-refractivity contribution in [3.63, 3.8) is 0 Å². The number of benzene rings is 2. The molecule has 2 aromatic rings. The quantitative estimate of drug-likeness (QED) is 0.573. The summed E-state index contributed by atoms with van der Waals surface area (Å²) < 4.78 is 0. The lowest BCUT2D eigenvalue weighted by molar-refractivity contribution is 0.0525. The standard InChI is InChI=1S/C27H31ClN2O2/c1-18-17-29(15-13-20-8-9-21(28)16-25(18)20)14-12-19-6-10-22(11-7-19)30-26(31)23-4-2-3-5-24(23)27(30)32/h2-5,8-9,16,18-19,22H,6-7,10-15,17H2,1H3/t18-,19?,22?/m0/s1. The first-order valence-corrected chi connectivity index (χ1v) is 12.4. The molecule has 1 fully saturated rings. The van der Waals surface area contributed by atoms with Crippen molar-refractivity contribution in [2.75, 3.05) is 19.6 Å². The molecule has 5 rings (SSSR count). The van der Waals surface area contributed by atoms with Crippen molar-refractivity contribution < 1.29 is 9.59 Å². The molecule has 5 heteroatoms. The summed E-state index contributed by atoms with van der Waals surface area (Å²) in [6.45, 7) is 5.61. The third-order valence-corrected chi connectivity index (χ3v) is 7.96. The molecule has 1 aliphatic carbocycles. The van der Waals surface area contributed by atoms with Gasteiger partial charge in [-0.15, -0.1) is 0 Å². The highest BCUT2D eigenvalue weighted by Crippen LogP contribution is 2.35. The normalized spacial score (nSPS) is 26.1. The van der Waals surface area contributed by atoms with Crippen LogP contribution in [0.3, 0.4) is 0 Å². The third-order valence-electron chi connectivity index (χ3n) is 7.73. The number of fused-ring (bicyclic) bond motifs is 2. The van der Waals surface area contributed by atoms with Crippen molar-refractivity contribution in [2.24, 2.45) is 5.92 Å². The van der Waals surface area contributed by atoms with Gasteiger partial charge >= 0.3 is 0 Å². The summed E-state index contributed by atoms with van der Waals surface area (Å²) in [5.74, 6) is 0.965. The fourth-order valence-corrected chi connectivity index (χ4v) is 6.09. The molecule has 0 radical (unpaired) electrons. The minimum atomic E-state index is -0.104. The van der Waals surface area contributed by atoms with Gasteiger partial charge in [0.25, 0.3) is 11.8 Å².